The van der Waals surface area contributed by atoms with E-state index in [-0.39, 0.29) is 17.8 Å². The molecule has 0 radical (unpaired) electrons. The Hall–Kier alpha value is -2.77. The van der Waals surface area contributed by atoms with Crippen LogP contribution in [-0.4, -0.2) is 46.1 Å². The lowest BCUT2D eigenvalue weighted by Crippen LogP contribution is -2.44. The van der Waals surface area contributed by atoms with Crippen LogP contribution in [0.15, 0.2) is 24.3 Å². The van der Waals surface area contributed by atoms with Gasteiger partial charge in [-0.1, -0.05) is 38.8 Å². The van der Waals surface area contributed by atoms with Crippen LogP contribution in [0, 0.1) is 11.7 Å². The van der Waals surface area contributed by atoms with E-state index in [1.165, 1.54) is 12.1 Å². The number of hydrogen-bond donors (Lipinski definition) is 1. The molecule has 7 nitrogen and oxygen atoms in total. The zero-order chi connectivity index (χ0) is 20.4. The number of rotatable bonds is 6. The van der Waals surface area contributed by atoms with Crippen molar-refractivity contribution in [2.24, 2.45) is 5.92 Å². The van der Waals surface area contributed by atoms with Gasteiger partial charge < -0.3 is 5.32 Å². The summed E-state index contributed by atoms with van der Waals surface area (Å²) in [5.74, 6) is -2.75. The SMILES string of the molecule is CC(C)C(NC(=O)CN1C(=O)C(=O)N(C2CCCC2)C1=O)c1ccc(F)cc1. The van der Waals surface area contributed by atoms with E-state index in [1.807, 2.05) is 13.8 Å². The van der Waals surface area contributed by atoms with Gasteiger partial charge in [0.2, 0.25) is 5.91 Å². The van der Waals surface area contributed by atoms with Gasteiger partial charge >= 0.3 is 17.8 Å². The van der Waals surface area contributed by atoms with Crippen molar-refractivity contribution in [2.75, 3.05) is 6.54 Å². The third-order valence-corrected chi connectivity index (χ3v) is 5.29. The molecule has 1 heterocycles. The summed E-state index contributed by atoms with van der Waals surface area (Å²) >= 11 is 0. The van der Waals surface area contributed by atoms with Gasteiger partial charge in [-0.15, -0.1) is 0 Å². The molecule has 0 aromatic heterocycles. The van der Waals surface area contributed by atoms with Crippen molar-refractivity contribution in [3.8, 4) is 0 Å². The first kappa shape index (κ1) is 20.0. The topological polar surface area (TPSA) is 86.8 Å². The molecule has 1 aliphatic heterocycles. The Morgan fingerprint density at radius 2 is 1.71 bits per heavy atom. The third kappa shape index (κ3) is 3.90. The number of imide groups is 2. The molecule has 0 spiro atoms. The molecule has 150 valence electrons. The first-order valence-corrected chi connectivity index (χ1v) is 9.53. The highest BCUT2D eigenvalue weighted by atomic mass is 19.1. The molecule has 1 aromatic carbocycles. The number of carbonyl (C=O) groups excluding carboxylic acids is 4. The number of nitrogens with zero attached hydrogens (tertiary/aromatic N) is 2. The predicted octanol–water partition coefficient (Wildman–Crippen LogP) is 2.37. The molecule has 5 amide bonds. The van der Waals surface area contributed by atoms with Crippen molar-refractivity contribution in [1.29, 1.82) is 0 Å². The molecule has 1 aliphatic carbocycles. The zero-order valence-electron chi connectivity index (χ0n) is 16.0. The molecule has 28 heavy (non-hydrogen) atoms. The fourth-order valence-electron chi connectivity index (χ4n) is 3.81. The molecule has 1 N–H and O–H groups in total. The molecule has 3 rings (SSSR count). The summed E-state index contributed by atoms with van der Waals surface area (Å²) in [4.78, 5) is 51.3. The van der Waals surface area contributed by atoms with E-state index in [4.69, 9.17) is 0 Å². The first-order valence-electron chi connectivity index (χ1n) is 9.53. The fraction of sp³-hybridized carbons (Fsp3) is 0.500. The molecule has 8 heteroatoms. The van der Waals surface area contributed by atoms with E-state index < -0.39 is 36.3 Å². The minimum Gasteiger partial charge on any atom is -0.347 e. The lowest BCUT2D eigenvalue weighted by Gasteiger charge is -2.24. The Kier molecular flexibility index (Phi) is 5.76. The summed E-state index contributed by atoms with van der Waals surface area (Å²) < 4.78 is 13.2. The fourth-order valence-corrected chi connectivity index (χ4v) is 3.81. The molecule has 2 aliphatic rings. The Morgan fingerprint density at radius 1 is 1.11 bits per heavy atom. The summed E-state index contributed by atoms with van der Waals surface area (Å²) in [5, 5.41) is 2.78. The van der Waals surface area contributed by atoms with Crippen LogP contribution in [0.3, 0.4) is 0 Å². The van der Waals surface area contributed by atoms with Gasteiger partial charge in [-0.25, -0.2) is 14.1 Å². The highest BCUT2D eigenvalue weighted by Gasteiger charge is 2.48. The van der Waals surface area contributed by atoms with Gasteiger partial charge in [0.1, 0.15) is 12.4 Å². The summed E-state index contributed by atoms with van der Waals surface area (Å²) in [6.07, 6.45) is 3.18. The Balaban J connectivity index is 1.69. The van der Waals surface area contributed by atoms with Gasteiger partial charge in [0.15, 0.2) is 0 Å². The van der Waals surface area contributed by atoms with Crippen molar-refractivity contribution < 1.29 is 23.6 Å². The smallest absolute Gasteiger partial charge is 0.334 e. The number of halogens is 1. The van der Waals surface area contributed by atoms with Crippen LogP contribution in [0.1, 0.15) is 51.1 Å². The summed E-state index contributed by atoms with van der Waals surface area (Å²) in [5.41, 5.74) is 0.715. The van der Waals surface area contributed by atoms with Gasteiger partial charge in [-0.3, -0.25) is 19.3 Å². The van der Waals surface area contributed by atoms with Crippen molar-refractivity contribution in [1.82, 2.24) is 15.1 Å². The molecule has 1 saturated carbocycles. The number of hydrogen-bond acceptors (Lipinski definition) is 4. The van der Waals surface area contributed by atoms with Crippen LogP contribution in [0.25, 0.3) is 0 Å². The van der Waals surface area contributed by atoms with Crippen LogP contribution in [0.4, 0.5) is 9.18 Å². The second-order valence-corrected chi connectivity index (χ2v) is 7.63. The maximum Gasteiger partial charge on any atom is 0.334 e. The Labute approximate surface area is 162 Å². The van der Waals surface area contributed by atoms with Gasteiger partial charge in [-0.05, 0) is 36.5 Å². The van der Waals surface area contributed by atoms with E-state index in [0.717, 1.165) is 17.7 Å². The van der Waals surface area contributed by atoms with Crippen molar-refractivity contribution in [2.45, 2.75) is 51.6 Å². The average molecular weight is 389 g/mol. The van der Waals surface area contributed by atoms with Crippen LogP contribution < -0.4 is 5.32 Å². The molecule has 2 fully saturated rings. The summed E-state index contributed by atoms with van der Waals surface area (Å²) in [6, 6.07) is 4.38. The first-order chi connectivity index (χ1) is 13.3. The van der Waals surface area contributed by atoms with Gasteiger partial charge in [0.25, 0.3) is 0 Å². The van der Waals surface area contributed by atoms with Gasteiger partial charge in [0, 0.05) is 6.04 Å². The van der Waals surface area contributed by atoms with Crippen molar-refractivity contribution >= 4 is 23.8 Å². The number of benzene rings is 1. The van der Waals surface area contributed by atoms with E-state index >= 15 is 0 Å². The van der Waals surface area contributed by atoms with E-state index in [0.29, 0.717) is 23.3 Å². The van der Waals surface area contributed by atoms with Crippen LogP contribution in [-0.2, 0) is 14.4 Å². The number of nitrogens with one attached hydrogen (secondary N) is 1. The van der Waals surface area contributed by atoms with E-state index in [2.05, 4.69) is 5.32 Å². The Bertz CT molecular complexity index is 787. The normalized spacial score (nSPS) is 19.1. The highest BCUT2D eigenvalue weighted by molar-refractivity contribution is 6.45. The van der Waals surface area contributed by atoms with Crippen LogP contribution in [0.5, 0.6) is 0 Å². The second-order valence-electron chi connectivity index (χ2n) is 7.63. The molecular formula is C20H24FN3O4. The van der Waals surface area contributed by atoms with Gasteiger partial charge in [-0.2, -0.15) is 0 Å². The Morgan fingerprint density at radius 3 is 2.29 bits per heavy atom. The highest BCUT2D eigenvalue weighted by Crippen LogP contribution is 2.28. The summed E-state index contributed by atoms with van der Waals surface area (Å²) in [6.45, 7) is 3.27. The standard InChI is InChI=1S/C20H24FN3O4/c1-12(2)17(13-7-9-14(21)10-8-13)22-16(25)11-23-18(26)19(27)24(20(23)28)15-5-3-4-6-15/h7-10,12,15,17H,3-6,11H2,1-2H3,(H,22,25). The number of urea groups is 1. The molecule has 0 bridgehead atoms. The largest absolute Gasteiger partial charge is 0.347 e. The van der Waals surface area contributed by atoms with Gasteiger partial charge in [0.05, 0.1) is 6.04 Å². The predicted molar refractivity (Wildman–Crippen MR) is 98.3 cm³/mol. The molecule has 1 aromatic rings. The molecule has 1 saturated heterocycles. The minimum absolute atomic E-state index is 0.00369. The lowest BCUT2D eigenvalue weighted by atomic mass is 9.96. The van der Waals surface area contributed by atoms with E-state index in [9.17, 15) is 23.6 Å². The second kappa shape index (κ2) is 8.08. The molecule has 1 atom stereocenters. The monoisotopic (exact) mass is 389 g/mol. The third-order valence-electron chi connectivity index (χ3n) is 5.29. The van der Waals surface area contributed by atoms with Crippen LogP contribution >= 0.6 is 0 Å². The zero-order valence-corrected chi connectivity index (χ0v) is 16.0. The lowest BCUT2D eigenvalue weighted by molar-refractivity contribution is -0.144. The van der Waals surface area contributed by atoms with E-state index in [1.54, 1.807) is 12.1 Å². The van der Waals surface area contributed by atoms with Crippen molar-refractivity contribution in [3.63, 3.8) is 0 Å². The number of amides is 5. The minimum atomic E-state index is -0.963. The maximum absolute atomic E-state index is 13.2. The average Bonchev–Trinajstić information content (AvgIpc) is 3.24. The van der Waals surface area contributed by atoms with Crippen LogP contribution in [0.2, 0.25) is 0 Å². The quantitative estimate of drug-likeness (QED) is 0.598. The maximum atomic E-state index is 13.2. The molecule has 1 unspecified atom stereocenters. The number of carbonyl (C=O) groups is 4. The molecular weight excluding hydrogens is 365 g/mol. The summed E-state index contributed by atoms with van der Waals surface area (Å²) in [7, 11) is 0. The van der Waals surface area contributed by atoms with Crippen molar-refractivity contribution in [3.05, 3.63) is 35.6 Å².